The molecule has 1 N–H and O–H groups in total. The summed E-state index contributed by atoms with van der Waals surface area (Å²) in [5, 5.41) is 6.45. The van der Waals surface area contributed by atoms with E-state index in [1.165, 1.54) is 16.5 Å². The zero-order chi connectivity index (χ0) is 24.0. The van der Waals surface area contributed by atoms with Gasteiger partial charge in [-0.3, -0.25) is 5.43 Å². The Hall–Kier alpha value is -3.64. The van der Waals surface area contributed by atoms with Crippen LogP contribution in [0.1, 0.15) is 43.7 Å². The van der Waals surface area contributed by atoms with E-state index in [4.69, 9.17) is 4.74 Å². The largest absolute Gasteiger partial charge is 0.493 e. The molecule has 178 valence electrons. The Labute approximate surface area is 210 Å². The van der Waals surface area contributed by atoms with Crippen LogP contribution in [0.2, 0.25) is 0 Å². The molecular weight excluding hydrogens is 452 g/mol. The zero-order valence-electron chi connectivity index (χ0n) is 20.1. The van der Waals surface area contributed by atoms with E-state index in [-0.39, 0.29) is 0 Å². The first-order valence-corrected chi connectivity index (χ1v) is 13.0. The highest BCUT2D eigenvalue weighted by atomic mass is 32.1. The van der Waals surface area contributed by atoms with Crippen LogP contribution in [0.4, 0.5) is 5.13 Å². The van der Waals surface area contributed by atoms with E-state index in [0.717, 1.165) is 46.0 Å². The predicted octanol–water partition coefficient (Wildman–Crippen LogP) is 7.68. The number of benzene rings is 3. The standard InChI is InChI=1S/C29H30N4OS/c1-3-21(2)23-11-5-8-15-27(23)34-18-10-17-33-20-22(24-12-4-7-14-26(24)33)19-30-32-29-31-25-13-6-9-16-28(25)35-29/h4-9,11-16,19-21H,3,10,17-18H2,1-2H3,(H,31,32)/b30-19-/t21-/m0/s1. The van der Waals surface area contributed by atoms with Gasteiger partial charge in [-0.15, -0.1) is 0 Å². The molecule has 5 rings (SSSR count). The summed E-state index contributed by atoms with van der Waals surface area (Å²) in [7, 11) is 0. The fraction of sp³-hybridized carbons (Fsp3) is 0.241. The molecule has 2 aromatic heterocycles. The first-order chi connectivity index (χ1) is 17.2. The summed E-state index contributed by atoms with van der Waals surface area (Å²) < 4.78 is 9.62. The van der Waals surface area contributed by atoms with Crippen molar-refractivity contribution in [1.29, 1.82) is 0 Å². The molecular formula is C29H30N4OS. The van der Waals surface area contributed by atoms with Gasteiger partial charge in [-0.2, -0.15) is 5.10 Å². The maximum Gasteiger partial charge on any atom is 0.204 e. The zero-order valence-corrected chi connectivity index (χ0v) is 21.0. The van der Waals surface area contributed by atoms with Crippen molar-refractivity contribution in [3.05, 3.63) is 90.1 Å². The van der Waals surface area contributed by atoms with Crippen molar-refractivity contribution in [2.24, 2.45) is 5.10 Å². The van der Waals surface area contributed by atoms with E-state index in [1.807, 2.05) is 24.4 Å². The molecule has 0 aliphatic rings. The summed E-state index contributed by atoms with van der Waals surface area (Å²) in [5.74, 6) is 1.51. The molecule has 2 heterocycles. The number of aromatic nitrogens is 2. The maximum absolute atomic E-state index is 6.18. The molecule has 0 saturated carbocycles. The van der Waals surface area contributed by atoms with Gasteiger partial charge in [0.25, 0.3) is 0 Å². The highest BCUT2D eigenvalue weighted by molar-refractivity contribution is 7.22. The summed E-state index contributed by atoms with van der Waals surface area (Å²) in [6.07, 6.45) is 6.08. The summed E-state index contributed by atoms with van der Waals surface area (Å²) in [4.78, 5) is 4.58. The van der Waals surface area contributed by atoms with Crippen molar-refractivity contribution in [2.45, 2.75) is 39.2 Å². The number of nitrogens with zero attached hydrogens (tertiary/aromatic N) is 3. The number of nitrogens with one attached hydrogen (secondary N) is 1. The van der Waals surface area contributed by atoms with Gasteiger partial charge >= 0.3 is 0 Å². The molecule has 0 aliphatic carbocycles. The number of para-hydroxylation sites is 3. The van der Waals surface area contributed by atoms with Crippen LogP contribution < -0.4 is 10.2 Å². The number of hydrogen-bond acceptors (Lipinski definition) is 5. The highest BCUT2D eigenvalue weighted by Crippen LogP contribution is 2.29. The summed E-state index contributed by atoms with van der Waals surface area (Å²) in [6.45, 7) is 6.03. The van der Waals surface area contributed by atoms with E-state index in [9.17, 15) is 0 Å². The lowest BCUT2D eigenvalue weighted by Crippen LogP contribution is -2.06. The Morgan fingerprint density at radius 3 is 2.74 bits per heavy atom. The van der Waals surface area contributed by atoms with Gasteiger partial charge in [0.2, 0.25) is 5.13 Å². The summed E-state index contributed by atoms with van der Waals surface area (Å²) in [5.41, 5.74) is 7.66. The molecule has 0 amide bonds. The Morgan fingerprint density at radius 1 is 1.06 bits per heavy atom. The molecule has 6 heteroatoms. The first kappa shape index (κ1) is 23.1. The normalized spacial score (nSPS) is 12.5. The third-order valence-electron chi connectivity index (χ3n) is 6.34. The minimum absolute atomic E-state index is 0.498. The Balaban J connectivity index is 1.25. The molecule has 0 spiro atoms. The van der Waals surface area contributed by atoms with Crippen LogP contribution >= 0.6 is 11.3 Å². The lowest BCUT2D eigenvalue weighted by Gasteiger charge is -2.15. The van der Waals surface area contributed by atoms with E-state index in [1.54, 1.807) is 11.3 Å². The van der Waals surface area contributed by atoms with Gasteiger partial charge in [0, 0.05) is 29.2 Å². The number of aryl methyl sites for hydroxylation is 1. The monoisotopic (exact) mass is 482 g/mol. The molecule has 35 heavy (non-hydrogen) atoms. The van der Waals surface area contributed by atoms with Crippen LogP contribution in [-0.4, -0.2) is 22.4 Å². The van der Waals surface area contributed by atoms with Gasteiger partial charge in [0.15, 0.2) is 0 Å². The van der Waals surface area contributed by atoms with Gasteiger partial charge in [-0.05, 0) is 48.6 Å². The van der Waals surface area contributed by atoms with Gasteiger partial charge in [-0.25, -0.2) is 4.98 Å². The fourth-order valence-corrected chi connectivity index (χ4v) is 5.11. The number of ether oxygens (including phenoxy) is 1. The smallest absolute Gasteiger partial charge is 0.204 e. The summed E-state index contributed by atoms with van der Waals surface area (Å²) >= 11 is 1.60. The van der Waals surface area contributed by atoms with Gasteiger partial charge < -0.3 is 9.30 Å². The lowest BCUT2D eigenvalue weighted by molar-refractivity contribution is 0.298. The molecule has 3 aromatic carbocycles. The minimum atomic E-state index is 0.498. The van der Waals surface area contributed by atoms with Crippen LogP contribution in [0.5, 0.6) is 5.75 Å². The fourth-order valence-electron chi connectivity index (χ4n) is 4.30. The van der Waals surface area contributed by atoms with Crippen molar-refractivity contribution >= 4 is 43.8 Å². The number of fused-ring (bicyclic) bond motifs is 2. The quantitative estimate of drug-likeness (QED) is 0.126. The second-order valence-electron chi connectivity index (χ2n) is 8.70. The van der Waals surface area contributed by atoms with Crippen molar-refractivity contribution in [1.82, 2.24) is 9.55 Å². The SMILES string of the molecule is CC[C@H](C)c1ccccc1OCCCn1cc(/C=N\Nc2nc3ccccc3s2)c2ccccc21. The topological polar surface area (TPSA) is 51.4 Å². The van der Waals surface area contributed by atoms with E-state index < -0.39 is 0 Å². The Bertz CT molecular complexity index is 1420. The number of anilines is 1. The number of hydrogen-bond donors (Lipinski definition) is 1. The van der Waals surface area contributed by atoms with Crippen LogP contribution in [-0.2, 0) is 6.54 Å². The Kier molecular flexibility index (Phi) is 7.09. The highest BCUT2D eigenvalue weighted by Gasteiger charge is 2.10. The van der Waals surface area contributed by atoms with Gasteiger partial charge in [-0.1, -0.05) is 73.7 Å². The average molecular weight is 483 g/mol. The van der Waals surface area contributed by atoms with Gasteiger partial charge in [0.1, 0.15) is 5.75 Å². The second-order valence-corrected chi connectivity index (χ2v) is 9.73. The minimum Gasteiger partial charge on any atom is -0.493 e. The Morgan fingerprint density at radius 2 is 1.86 bits per heavy atom. The number of thiazole rings is 1. The molecule has 0 unspecified atom stereocenters. The molecule has 5 aromatic rings. The third kappa shape index (κ3) is 5.23. The van der Waals surface area contributed by atoms with E-state index in [2.05, 4.69) is 94.7 Å². The van der Waals surface area contributed by atoms with E-state index in [0.29, 0.717) is 12.5 Å². The average Bonchev–Trinajstić information content (AvgIpc) is 3.47. The van der Waals surface area contributed by atoms with Crippen LogP contribution in [0, 0.1) is 0 Å². The predicted molar refractivity (Wildman–Crippen MR) is 148 cm³/mol. The third-order valence-corrected chi connectivity index (χ3v) is 7.28. The molecule has 0 aliphatic heterocycles. The van der Waals surface area contributed by atoms with Crippen LogP contribution in [0.3, 0.4) is 0 Å². The van der Waals surface area contributed by atoms with Crippen molar-refractivity contribution in [3.8, 4) is 5.75 Å². The molecule has 1 atom stereocenters. The molecule has 0 bridgehead atoms. The number of hydrazone groups is 1. The van der Waals surface area contributed by atoms with Crippen LogP contribution in [0.15, 0.2) is 84.1 Å². The van der Waals surface area contributed by atoms with Crippen LogP contribution in [0.25, 0.3) is 21.1 Å². The van der Waals surface area contributed by atoms with E-state index >= 15 is 0 Å². The first-order valence-electron chi connectivity index (χ1n) is 12.2. The summed E-state index contributed by atoms with van der Waals surface area (Å²) in [6, 6.07) is 25.0. The lowest BCUT2D eigenvalue weighted by atomic mass is 9.98. The number of rotatable bonds is 10. The molecule has 5 nitrogen and oxygen atoms in total. The molecule has 0 saturated heterocycles. The molecule has 0 fully saturated rings. The van der Waals surface area contributed by atoms with Crippen molar-refractivity contribution in [3.63, 3.8) is 0 Å². The van der Waals surface area contributed by atoms with Crippen molar-refractivity contribution in [2.75, 3.05) is 12.0 Å². The maximum atomic E-state index is 6.18. The second kappa shape index (κ2) is 10.7. The van der Waals surface area contributed by atoms with Gasteiger partial charge in [0.05, 0.1) is 23.0 Å². The van der Waals surface area contributed by atoms with Crippen molar-refractivity contribution < 1.29 is 4.74 Å². The molecule has 0 radical (unpaired) electrons.